The standard InChI is InChI=1S/C19H13Cl2F3N8O2/c1-18(19(22,23)24)8-30(12-6-25-14-3-13(21)29-32(14)15(12)18)17(34)28-9-2-11(20)16(26-4-9)31-7-10(33)5-27-31/h2-7,33H,8H2,1H3,(H,28,34)/t18-/m1/s1. The summed E-state index contributed by atoms with van der Waals surface area (Å²) in [5.41, 5.74) is -2.49. The van der Waals surface area contributed by atoms with Crippen LogP contribution in [-0.2, 0) is 5.41 Å². The molecule has 0 spiro atoms. The highest BCUT2D eigenvalue weighted by molar-refractivity contribution is 6.32. The molecule has 0 aliphatic carbocycles. The number of alkyl halides is 3. The quantitative estimate of drug-likeness (QED) is 0.416. The van der Waals surface area contributed by atoms with Gasteiger partial charge in [0.1, 0.15) is 5.41 Å². The van der Waals surface area contributed by atoms with Crippen molar-refractivity contribution >= 4 is 46.3 Å². The van der Waals surface area contributed by atoms with Gasteiger partial charge < -0.3 is 10.4 Å². The smallest absolute Gasteiger partial charge is 0.401 e. The fourth-order valence-corrected chi connectivity index (χ4v) is 4.21. The average Bonchev–Trinajstić information content (AvgIpc) is 3.42. The minimum absolute atomic E-state index is 0.0281. The Morgan fingerprint density at radius 2 is 1.97 bits per heavy atom. The van der Waals surface area contributed by atoms with Gasteiger partial charge in [-0.25, -0.2) is 24.0 Å². The second-order valence-corrected chi connectivity index (χ2v) is 8.54. The van der Waals surface area contributed by atoms with E-state index in [1.165, 1.54) is 41.6 Å². The predicted molar refractivity (Wildman–Crippen MR) is 116 cm³/mol. The lowest BCUT2D eigenvalue weighted by molar-refractivity contribution is -0.181. The lowest BCUT2D eigenvalue weighted by Crippen LogP contribution is -2.46. The molecule has 5 heterocycles. The Labute approximate surface area is 198 Å². The number of carbonyl (C=O) groups is 1. The zero-order valence-electron chi connectivity index (χ0n) is 17.0. The molecule has 0 unspecified atom stereocenters. The number of halogens is 5. The number of urea groups is 1. The average molecular weight is 513 g/mol. The molecule has 2 N–H and O–H groups in total. The van der Waals surface area contributed by atoms with E-state index < -0.39 is 24.2 Å². The van der Waals surface area contributed by atoms with Crippen LogP contribution in [0.15, 0.2) is 36.9 Å². The van der Waals surface area contributed by atoms with Crippen LogP contribution in [0.5, 0.6) is 5.75 Å². The molecule has 0 bridgehead atoms. The van der Waals surface area contributed by atoms with E-state index in [0.29, 0.717) is 0 Å². The number of amides is 2. The fourth-order valence-electron chi connectivity index (χ4n) is 3.78. The van der Waals surface area contributed by atoms with E-state index in [1.54, 1.807) is 0 Å². The molecule has 1 aliphatic heterocycles. The van der Waals surface area contributed by atoms with E-state index >= 15 is 0 Å². The van der Waals surface area contributed by atoms with Gasteiger partial charge in [0.05, 0.1) is 46.9 Å². The van der Waals surface area contributed by atoms with E-state index in [9.17, 15) is 23.1 Å². The number of nitrogens with zero attached hydrogens (tertiary/aromatic N) is 7. The second kappa shape index (κ2) is 7.46. The molecule has 34 heavy (non-hydrogen) atoms. The second-order valence-electron chi connectivity index (χ2n) is 7.75. The van der Waals surface area contributed by atoms with Crippen LogP contribution in [0.1, 0.15) is 12.6 Å². The van der Waals surface area contributed by atoms with Crippen LogP contribution in [0.4, 0.5) is 29.3 Å². The van der Waals surface area contributed by atoms with Crippen LogP contribution in [-0.4, -0.2) is 53.2 Å². The van der Waals surface area contributed by atoms with E-state index in [4.69, 9.17) is 23.2 Å². The van der Waals surface area contributed by atoms with Crippen molar-refractivity contribution < 1.29 is 23.1 Å². The van der Waals surface area contributed by atoms with E-state index in [2.05, 4.69) is 25.5 Å². The summed E-state index contributed by atoms with van der Waals surface area (Å²) in [6.45, 7) is 0.280. The first-order valence-corrected chi connectivity index (χ1v) is 10.3. The van der Waals surface area contributed by atoms with Crippen molar-refractivity contribution in [1.29, 1.82) is 0 Å². The zero-order valence-corrected chi connectivity index (χ0v) is 18.6. The Kier molecular flexibility index (Phi) is 4.88. The van der Waals surface area contributed by atoms with E-state index in [1.807, 2.05) is 0 Å². The molecule has 0 fully saturated rings. The largest absolute Gasteiger partial charge is 0.505 e. The number of anilines is 2. The van der Waals surface area contributed by atoms with Crippen LogP contribution in [0, 0.1) is 0 Å². The zero-order chi connectivity index (χ0) is 24.4. The molecule has 0 radical (unpaired) electrons. The van der Waals surface area contributed by atoms with Crippen molar-refractivity contribution in [2.45, 2.75) is 18.5 Å². The number of rotatable bonds is 2. The third kappa shape index (κ3) is 3.39. The van der Waals surface area contributed by atoms with Crippen molar-refractivity contribution in [3.05, 3.63) is 52.8 Å². The van der Waals surface area contributed by atoms with Gasteiger partial charge in [-0.1, -0.05) is 23.2 Å². The maximum Gasteiger partial charge on any atom is 0.401 e. The molecule has 1 atom stereocenters. The summed E-state index contributed by atoms with van der Waals surface area (Å²) in [4.78, 5) is 22.2. The van der Waals surface area contributed by atoms with Gasteiger partial charge in [-0.3, -0.25) is 4.90 Å². The highest BCUT2D eigenvalue weighted by Crippen LogP contribution is 2.50. The summed E-state index contributed by atoms with van der Waals surface area (Å²) in [5.74, 6) is 0.0788. The Morgan fingerprint density at radius 1 is 1.21 bits per heavy atom. The first-order chi connectivity index (χ1) is 16.0. The molecule has 0 saturated carbocycles. The first kappa shape index (κ1) is 22.2. The number of aromatic hydroxyl groups is 1. The van der Waals surface area contributed by atoms with Crippen LogP contribution >= 0.6 is 23.2 Å². The summed E-state index contributed by atoms with van der Waals surface area (Å²) in [5, 5.41) is 19.8. The predicted octanol–water partition coefficient (Wildman–Crippen LogP) is 4.19. The van der Waals surface area contributed by atoms with Crippen LogP contribution < -0.4 is 10.2 Å². The van der Waals surface area contributed by atoms with Crippen molar-refractivity contribution in [3.8, 4) is 11.6 Å². The topological polar surface area (TPSA) is 113 Å². The molecule has 4 aromatic rings. The molecule has 0 aromatic carbocycles. The third-order valence-electron chi connectivity index (χ3n) is 5.45. The number of aromatic nitrogens is 6. The highest BCUT2D eigenvalue weighted by atomic mass is 35.5. The first-order valence-electron chi connectivity index (χ1n) is 9.57. The minimum Gasteiger partial charge on any atom is -0.505 e. The Balaban J connectivity index is 1.50. The van der Waals surface area contributed by atoms with E-state index in [0.717, 1.165) is 16.3 Å². The Bertz CT molecular complexity index is 1450. The van der Waals surface area contributed by atoms with Crippen LogP contribution in [0.3, 0.4) is 0 Å². The van der Waals surface area contributed by atoms with Gasteiger partial charge in [-0.2, -0.15) is 23.4 Å². The van der Waals surface area contributed by atoms with Crippen molar-refractivity contribution in [2.75, 3.05) is 16.8 Å². The molecule has 4 aromatic heterocycles. The summed E-state index contributed by atoms with van der Waals surface area (Å²) >= 11 is 12.1. The molecule has 10 nitrogen and oxygen atoms in total. The van der Waals surface area contributed by atoms with Gasteiger partial charge in [0.15, 0.2) is 22.4 Å². The molecule has 2 amide bonds. The molecule has 0 saturated heterocycles. The number of fused-ring (bicyclic) bond motifs is 3. The van der Waals surface area contributed by atoms with Crippen molar-refractivity contribution in [2.24, 2.45) is 0 Å². The number of hydrogen-bond acceptors (Lipinski definition) is 6. The highest BCUT2D eigenvalue weighted by Gasteiger charge is 2.60. The Hall–Kier alpha value is -3.58. The maximum atomic E-state index is 14.2. The number of nitrogens with one attached hydrogen (secondary N) is 1. The molecular formula is C19H13Cl2F3N8O2. The Morgan fingerprint density at radius 3 is 2.62 bits per heavy atom. The van der Waals surface area contributed by atoms with Gasteiger partial charge >= 0.3 is 12.2 Å². The number of carbonyl (C=O) groups excluding carboxylic acids is 1. The van der Waals surface area contributed by atoms with Crippen LogP contribution in [0.2, 0.25) is 10.2 Å². The lowest BCUT2D eigenvalue weighted by Gasteiger charge is -2.28. The van der Waals surface area contributed by atoms with Gasteiger partial charge in [-0.05, 0) is 13.0 Å². The van der Waals surface area contributed by atoms with Gasteiger partial charge in [0.25, 0.3) is 0 Å². The number of hydrogen-bond donors (Lipinski definition) is 2. The normalized spacial score (nSPS) is 17.9. The summed E-state index contributed by atoms with van der Waals surface area (Å²) < 4.78 is 44.8. The fraction of sp³-hybridized carbons (Fsp3) is 0.211. The SMILES string of the molecule is C[C@@]1(C(F)(F)F)CN(C(=O)Nc2cnc(-n3cc(O)cn3)c(Cl)c2)c2cnc3cc(Cl)nn3c21. The van der Waals surface area contributed by atoms with Gasteiger partial charge in [0, 0.05) is 12.6 Å². The monoisotopic (exact) mass is 512 g/mol. The molecule has 5 rings (SSSR count). The minimum atomic E-state index is -4.70. The summed E-state index contributed by atoms with van der Waals surface area (Å²) in [6, 6.07) is 1.83. The molecule has 1 aliphatic rings. The maximum absolute atomic E-state index is 14.2. The molecule has 15 heteroatoms. The number of pyridine rings is 1. The van der Waals surface area contributed by atoms with Gasteiger partial charge in [-0.15, -0.1) is 0 Å². The summed E-state index contributed by atoms with van der Waals surface area (Å²) in [7, 11) is 0. The molecular weight excluding hydrogens is 500 g/mol. The molecule has 176 valence electrons. The van der Waals surface area contributed by atoms with Crippen molar-refractivity contribution in [3.63, 3.8) is 0 Å². The summed E-state index contributed by atoms with van der Waals surface area (Å²) in [6.07, 6.45) is 0.199. The van der Waals surface area contributed by atoms with Gasteiger partial charge in [0.2, 0.25) is 0 Å². The lowest BCUT2D eigenvalue weighted by atomic mass is 9.88. The van der Waals surface area contributed by atoms with Crippen molar-refractivity contribution in [1.82, 2.24) is 29.4 Å². The van der Waals surface area contributed by atoms with E-state index in [-0.39, 0.29) is 44.5 Å². The van der Waals surface area contributed by atoms with Crippen LogP contribution in [0.25, 0.3) is 11.5 Å². The third-order valence-corrected chi connectivity index (χ3v) is 5.91.